The summed E-state index contributed by atoms with van der Waals surface area (Å²) in [6, 6.07) is 9.08. The number of carbonyl (C=O) groups is 2. The molecule has 1 amide bonds. The minimum Gasteiger partial charge on any atom is -0.480 e. The average Bonchev–Trinajstić information content (AvgIpc) is 2.51. The third-order valence-corrected chi connectivity index (χ3v) is 2.47. The molecule has 0 saturated heterocycles. The Kier molecular flexibility index (Phi) is 10.2. The minimum atomic E-state index is -0.814. The molecule has 0 heterocycles. The molecular weight excluding hydrogens is 272 g/mol. The third-order valence-electron chi connectivity index (χ3n) is 2.47. The molecule has 0 aromatic heterocycles. The largest absolute Gasteiger partial charge is 0.480 e. The molecule has 1 aromatic rings. The molecule has 0 radical (unpaired) electrons. The molecule has 1 atom stereocenters. The number of hydrogen-bond acceptors (Lipinski definition) is 4. The number of carbonyl (C=O) groups excluding carboxylic acids is 1. The van der Waals surface area contributed by atoms with E-state index in [1.54, 1.807) is 7.05 Å². The lowest BCUT2D eigenvalue weighted by molar-refractivity contribution is -0.139. The summed E-state index contributed by atoms with van der Waals surface area (Å²) in [5.74, 6) is -0.814. The molecule has 0 bridgehead atoms. The number of rotatable bonds is 6. The fourth-order valence-electron chi connectivity index (χ4n) is 1.37. The Balaban J connectivity index is 0.000000433. The fourth-order valence-corrected chi connectivity index (χ4v) is 1.37. The second kappa shape index (κ2) is 11.5. The van der Waals surface area contributed by atoms with Gasteiger partial charge in [0.15, 0.2) is 0 Å². The van der Waals surface area contributed by atoms with Crippen LogP contribution in [-0.4, -0.2) is 43.9 Å². The highest BCUT2D eigenvalue weighted by Gasteiger charge is 2.14. The van der Waals surface area contributed by atoms with Crippen molar-refractivity contribution in [2.75, 3.05) is 20.7 Å². The van der Waals surface area contributed by atoms with Crippen LogP contribution in [0.1, 0.15) is 5.56 Å². The Labute approximate surface area is 124 Å². The van der Waals surface area contributed by atoms with Crippen molar-refractivity contribution >= 4 is 12.1 Å². The molecule has 116 valence electrons. The van der Waals surface area contributed by atoms with Crippen LogP contribution >= 0.6 is 0 Å². The molecule has 1 unspecified atom stereocenters. The summed E-state index contributed by atoms with van der Waals surface area (Å²) in [5.41, 5.74) is 1.03. The maximum Gasteiger partial charge on any atom is 0.407 e. The van der Waals surface area contributed by atoms with Crippen LogP contribution in [0.25, 0.3) is 0 Å². The Morgan fingerprint density at radius 1 is 1.33 bits per heavy atom. The number of nitrogens with one attached hydrogen (secondary N) is 2. The normalized spacial score (nSPS) is 10.6. The Bertz CT molecular complexity index is 435. The first-order valence-electron chi connectivity index (χ1n) is 6.44. The van der Waals surface area contributed by atoms with Crippen LogP contribution in [0.5, 0.6) is 0 Å². The average molecular weight is 294 g/mol. The van der Waals surface area contributed by atoms with Gasteiger partial charge in [0.1, 0.15) is 12.6 Å². The quantitative estimate of drug-likeness (QED) is 0.691. The first-order valence-corrected chi connectivity index (χ1v) is 6.44. The fraction of sp³-hybridized carbons (Fsp3) is 0.333. The monoisotopic (exact) mass is 294 g/mol. The van der Waals surface area contributed by atoms with Gasteiger partial charge in [0.05, 0.1) is 0 Å². The topological polar surface area (TPSA) is 87.7 Å². The molecule has 6 heteroatoms. The van der Waals surface area contributed by atoms with E-state index in [-0.39, 0.29) is 6.61 Å². The maximum absolute atomic E-state index is 10.7. The first-order chi connectivity index (χ1) is 10.0. The van der Waals surface area contributed by atoms with E-state index in [2.05, 4.69) is 21.9 Å². The lowest BCUT2D eigenvalue weighted by atomic mass is 10.1. The molecular formula is C15H22N2O4. The van der Waals surface area contributed by atoms with Gasteiger partial charge < -0.3 is 20.5 Å². The van der Waals surface area contributed by atoms with Gasteiger partial charge in [-0.05, 0) is 19.0 Å². The van der Waals surface area contributed by atoms with Crippen LogP contribution in [0.4, 0.5) is 4.79 Å². The van der Waals surface area contributed by atoms with Crippen molar-refractivity contribution in [3.05, 3.63) is 48.6 Å². The molecule has 0 aliphatic carbocycles. The van der Waals surface area contributed by atoms with Crippen LogP contribution in [0, 0.1) is 0 Å². The summed E-state index contributed by atoms with van der Waals surface area (Å²) in [6.07, 6.45) is 1.60. The van der Waals surface area contributed by atoms with Crippen LogP contribution in [0.2, 0.25) is 0 Å². The van der Waals surface area contributed by atoms with E-state index in [1.807, 2.05) is 30.3 Å². The molecule has 0 aliphatic rings. The lowest BCUT2D eigenvalue weighted by Crippen LogP contribution is -2.35. The summed E-state index contributed by atoms with van der Waals surface area (Å²) >= 11 is 0. The number of aliphatic carboxylic acids is 1. The standard InChI is InChI=1S/C10H13NO2.C5H9NO2/c1-11-9(10(12)13)7-8-5-3-2-4-6-8;1-3-4-8-5(7)6-2/h2-6,9,11H,7H2,1H3,(H,12,13);3H,1,4H2,2H3,(H,6,7). The van der Waals surface area contributed by atoms with Gasteiger partial charge >= 0.3 is 12.1 Å². The summed E-state index contributed by atoms with van der Waals surface area (Å²) < 4.78 is 4.47. The van der Waals surface area contributed by atoms with Crippen molar-refractivity contribution in [1.82, 2.24) is 10.6 Å². The van der Waals surface area contributed by atoms with Crippen LogP contribution in [-0.2, 0) is 16.0 Å². The van der Waals surface area contributed by atoms with Gasteiger partial charge in [-0.2, -0.15) is 0 Å². The highest BCUT2D eigenvalue weighted by molar-refractivity contribution is 5.73. The van der Waals surface area contributed by atoms with Crippen molar-refractivity contribution in [3.63, 3.8) is 0 Å². The van der Waals surface area contributed by atoms with Gasteiger partial charge in [0.2, 0.25) is 0 Å². The summed E-state index contributed by atoms with van der Waals surface area (Å²) in [5, 5.41) is 13.8. The van der Waals surface area contributed by atoms with E-state index in [4.69, 9.17) is 5.11 Å². The van der Waals surface area contributed by atoms with E-state index < -0.39 is 18.1 Å². The van der Waals surface area contributed by atoms with E-state index in [1.165, 1.54) is 13.1 Å². The Morgan fingerprint density at radius 2 is 1.95 bits per heavy atom. The number of ether oxygens (including phenoxy) is 1. The van der Waals surface area contributed by atoms with Gasteiger partial charge in [-0.15, -0.1) is 0 Å². The van der Waals surface area contributed by atoms with Gasteiger partial charge in [-0.1, -0.05) is 43.0 Å². The van der Waals surface area contributed by atoms with Crippen molar-refractivity contribution in [2.45, 2.75) is 12.5 Å². The van der Waals surface area contributed by atoms with Crippen molar-refractivity contribution < 1.29 is 19.4 Å². The van der Waals surface area contributed by atoms with E-state index in [0.29, 0.717) is 6.42 Å². The third kappa shape index (κ3) is 9.23. The second-order valence-corrected chi connectivity index (χ2v) is 4.01. The summed E-state index contributed by atoms with van der Waals surface area (Å²) in [4.78, 5) is 20.9. The zero-order valence-electron chi connectivity index (χ0n) is 12.3. The lowest BCUT2D eigenvalue weighted by Gasteiger charge is -2.10. The van der Waals surface area contributed by atoms with Gasteiger partial charge in [0, 0.05) is 7.05 Å². The van der Waals surface area contributed by atoms with E-state index >= 15 is 0 Å². The molecule has 6 nitrogen and oxygen atoms in total. The van der Waals surface area contributed by atoms with Crippen molar-refractivity contribution in [2.24, 2.45) is 0 Å². The number of alkyl carbamates (subject to hydrolysis) is 1. The molecule has 0 fully saturated rings. The number of amides is 1. The van der Waals surface area contributed by atoms with Gasteiger partial charge in [-0.25, -0.2) is 4.79 Å². The summed E-state index contributed by atoms with van der Waals surface area (Å²) in [6.45, 7) is 3.63. The van der Waals surface area contributed by atoms with Crippen LogP contribution < -0.4 is 10.6 Å². The minimum absolute atomic E-state index is 0.264. The highest BCUT2D eigenvalue weighted by Crippen LogP contribution is 2.02. The molecule has 0 saturated carbocycles. The molecule has 0 aliphatic heterocycles. The maximum atomic E-state index is 10.7. The number of hydrogen-bond donors (Lipinski definition) is 3. The molecule has 1 aromatic carbocycles. The zero-order chi connectivity index (χ0) is 16.1. The van der Waals surface area contributed by atoms with Crippen LogP contribution in [0.15, 0.2) is 43.0 Å². The SMILES string of the molecule is C=CCOC(=O)NC.CNC(Cc1ccccc1)C(=O)O. The molecule has 0 spiro atoms. The van der Waals surface area contributed by atoms with E-state index in [0.717, 1.165) is 5.56 Å². The Morgan fingerprint density at radius 3 is 2.38 bits per heavy atom. The molecule has 21 heavy (non-hydrogen) atoms. The van der Waals surface area contributed by atoms with Crippen molar-refractivity contribution in [1.29, 1.82) is 0 Å². The van der Waals surface area contributed by atoms with Gasteiger partial charge in [0.25, 0.3) is 0 Å². The smallest absolute Gasteiger partial charge is 0.407 e. The van der Waals surface area contributed by atoms with Crippen LogP contribution in [0.3, 0.4) is 0 Å². The predicted octanol–water partition coefficient (Wildman–Crippen LogP) is 1.43. The predicted molar refractivity (Wildman–Crippen MR) is 81.2 cm³/mol. The number of carboxylic acid groups (broad SMARTS) is 1. The first kappa shape index (κ1) is 18.7. The molecule has 1 rings (SSSR count). The number of carboxylic acids is 1. The zero-order valence-corrected chi connectivity index (χ0v) is 12.3. The second-order valence-electron chi connectivity index (χ2n) is 4.01. The summed E-state index contributed by atoms with van der Waals surface area (Å²) in [7, 11) is 3.16. The molecule has 3 N–H and O–H groups in total. The van der Waals surface area contributed by atoms with Gasteiger partial charge in [-0.3, -0.25) is 4.79 Å². The number of benzene rings is 1. The van der Waals surface area contributed by atoms with E-state index in [9.17, 15) is 9.59 Å². The number of likely N-dealkylation sites (N-methyl/N-ethyl adjacent to an activating group) is 1. The van der Waals surface area contributed by atoms with Crippen molar-refractivity contribution in [3.8, 4) is 0 Å². The highest BCUT2D eigenvalue weighted by atomic mass is 16.5. The Hall–Kier alpha value is -2.34.